The second kappa shape index (κ2) is 9.38. The van der Waals surface area contributed by atoms with Gasteiger partial charge in [0.15, 0.2) is 0 Å². The van der Waals surface area contributed by atoms with Crippen LogP contribution in [0.1, 0.15) is 54.0 Å². The van der Waals surface area contributed by atoms with Crippen LogP contribution in [0.5, 0.6) is 0 Å². The number of nitrogens with one attached hydrogen (secondary N) is 1. The van der Waals surface area contributed by atoms with Gasteiger partial charge in [0.25, 0.3) is 5.91 Å². The zero-order valence-corrected chi connectivity index (χ0v) is 17.5. The summed E-state index contributed by atoms with van der Waals surface area (Å²) in [5.74, 6) is -0.368. The van der Waals surface area contributed by atoms with Crippen LogP contribution >= 0.6 is 0 Å². The van der Waals surface area contributed by atoms with Gasteiger partial charge in [0.05, 0.1) is 18.7 Å². The standard InChI is InChI=1S/C23H29N3O2/c1-15-9-7-8-10-22(15)18(4)25-23(27)21(13-24)12-20-11-16(2)26(19(20)5)17(3)14-28-6/h7-12,17-18H,14H2,1-6H3,(H,25,27)/b21-12+. The lowest BCUT2D eigenvalue weighted by Gasteiger charge is -2.17. The fourth-order valence-corrected chi connectivity index (χ4v) is 3.67. The van der Waals surface area contributed by atoms with Gasteiger partial charge >= 0.3 is 0 Å². The number of hydrogen-bond donors (Lipinski definition) is 1. The molecule has 2 rings (SSSR count). The molecule has 148 valence electrons. The highest BCUT2D eigenvalue weighted by Gasteiger charge is 2.18. The fourth-order valence-electron chi connectivity index (χ4n) is 3.67. The number of methoxy groups -OCH3 is 1. The predicted molar refractivity (Wildman–Crippen MR) is 112 cm³/mol. The van der Waals surface area contributed by atoms with Crippen molar-refractivity contribution in [2.45, 2.75) is 46.7 Å². The molecule has 0 aliphatic carbocycles. The Morgan fingerprint density at radius 1 is 1.29 bits per heavy atom. The van der Waals surface area contributed by atoms with Gasteiger partial charge in [0.1, 0.15) is 11.6 Å². The van der Waals surface area contributed by atoms with Crippen molar-refractivity contribution in [3.05, 3.63) is 64.0 Å². The zero-order valence-electron chi connectivity index (χ0n) is 17.5. The Morgan fingerprint density at radius 3 is 2.57 bits per heavy atom. The third-order valence-corrected chi connectivity index (χ3v) is 5.04. The average Bonchev–Trinajstić information content (AvgIpc) is 2.93. The van der Waals surface area contributed by atoms with Crippen molar-refractivity contribution in [3.63, 3.8) is 0 Å². The lowest BCUT2D eigenvalue weighted by molar-refractivity contribution is -0.117. The summed E-state index contributed by atoms with van der Waals surface area (Å²) < 4.78 is 7.43. The predicted octanol–water partition coefficient (Wildman–Crippen LogP) is 4.41. The van der Waals surface area contributed by atoms with E-state index in [1.807, 2.05) is 64.1 Å². The Kier molecular flexibility index (Phi) is 7.19. The summed E-state index contributed by atoms with van der Waals surface area (Å²) >= 11 is 0. The van der Waals surface area contributed by atoms with Crippen LogP contribution in [0.3, 0.4) is 0 Å². The molecule has 0 saturated carbocycles. The summed E-state index contributed by atoms with van der Waals surface area (Å²) in [5.41, 5.74) is 5.19. The number of rotatable bonds is 7. The second-order valence-electron chi connectivity index (χ2n) is 7.22. The molecule has 0 saturated heterocycles. The second-order valence-corrected chi connectivity index (χ2v) is 7.22. The molecule has 5 heteroatoms. The molecule has 1 amide bonds. The number of amides is 1. The Morgan fingerprint density at radius 2 is 1.96 bits per heavy atom. The van der Waals surface area contributed by atoms with Gasteiger partial charge in [-0.3, -0.25) is 4.79 Å². The lowest BCUT2D eigenvalue weighted by Crippen LogP contribution is -2.28. The quantitative estimate of drug-likeness (QED) is 0.572. The molecule has 2 unspecified atom stereocenters. The molecule has 0 fully saturated rings. The first-order valence-electron chi connectivity index (χ1n) is 9.45. The van der Waals surface area contributed by atoms with E-state index in [0.717, 1.165) is 28.1 Å². The van der Waals surface area contributed by atoms with Crippen LogP contribution in [0.15, 0.2) is 35.9 Å². The monoisotopic (exact) mass is 379 g/mol. The number of ether oxygens (including phenoxy) is 1. The molecule has 0 radical (unpaired) electrons. The van der Waals surface area contributed by atoms with Gasteiger partial charge < -0.3 is 14.6 Å². The van der Waals surface area contributed by atoms with Gasteiger partial charge in [-0.2, -0.15) is 5.26 Å². The number of nitrogens with zero attached hydrogens (tertiary/aromatic N) is 2. The van der Waals surface area contributed by atoms with E-state index in [9.17, 15) is 10.1 Å². The lowest BCUT2D eigenvalue weighted by atomic mass is 10.0. The first kappa shape index (κ1) is 21.5. The molecule has 2 atom stereocenters. The van der Waals surface area contributed by atoms with Gasteiger partial charge in [-0.25, -0.2) is 0 Å². The maximum atomic E-state index is 12.7. The summed E-state index contributed by atoms with van der Waals surface area (Å²) in [4.78, 5) is 12.7. The van der Waals surface area contributed by atoms with Gasteiger partial charge in [-0.1, -0.05) is 24.3 Å². The molecule has 1 heterocycles. The van der Waals surface area contributed by atoms with Crippen LogP contribution in [0.2, 0.25) is 0 Å². The number of nitriles is 1. The first-order chi connectivity index (χ1) is 13.3. The van der Waals surface area contributed by atoms with Crippen molar-refractivity contribution >= 4 is 12.0 Å². The van der Waals surface area contributed by atoms with Crippen molar-refractivity contribution in [3.8, 4) is 6.07 Å². The van der Waals surface area contributed by atoms with E-state index in [0.29, 0.717) is 6.61 Å². The molecule has 0 aliphatic heterocycles. The molecule has 1 aromatic heterocycles. The summed E-state index contributed by atoms with van der Waals surface area (Å²) in [5, 5.41) is 12.5. The molecule has 28 heavy (non-hydrogen) atoms. The van der Waals surface area contributed by atoms with Crippen molar-refractivity contribution < 1.29 is 9.53 Å². The average molecular weight is 380 g/mol. The molecule has 0 spiro atoms. The van der Waals surface area contributed by atoms with Gasteiger partial charge in [0.2, 0.25) is 0 Å². The van der Waals surface area contributed by atoms with E-state index < -0.39 is 0 Å². The van der Waals surface area contributed by atoms with Crippen molar-refractivity contribution in [1.29, 1.82) is 5.26 Å². The molecule has 2 aromatic rings. The minimum atomic E-state index is -0.368. The highest BCUT2D eigenvalue weighted by molar-refractivity contribution is 6.02. The van der Waals surface area contributed by atoms with Gasteiger partial charge in [-0.15, -0.1) is 0 Å². The van der Waals surface area contributed by atoms with Crippen molar-refractivity contribution in [2.24, 2.45) is 0 Å². The molecule has 5 nitrogen and oxygen atoms in total. The van der Waals surface area contributed by atoms with E-state index in [4.69, 9.17) is 4.74 Å². The van der Waals surface area contributed by atoms with Crippen LogP contribution in [-0.4, -0.2) is 24.2 Å². The Bertz CT molecular complexity index is 918. The normalized spacial score (nSPS) is 13.7. The smallest absolute Gasteiger partial charge is 0.262 e. The van der Waals surface area contributed by atoms with Crippen molar-refractivity contribution in [2.75, 3.05) is 13.7 Å². The molecular weight excluding hydrogens is 350 g/mol. The molecular formula is C23H29N3O2. The molecule has 1 N–H and O–H groups in total. The number of aromatic nitrogens is 1. The number of aryl methyl sites for hydroxylation is 2. The summed E-state index contributed by atoms with van der Waals surface area (Å²) in [6.45, 7) is 10.6. The summed E-state index contributed by atoms with van der Waals surface area (Å²) in [6, 6.07) is 11.9. The van der Waals surface area contributed by atoms with Gasteiger partial charge in [0, 0.05) is 18.5 Å². The number of hydrogen-bond acceptors (Lipinski definition) is 3. The van der Waals surface area contributed by atoms with E-state index in [1.54, 1.807) is 13.2 Å². The highest BCUT2D eigenvalue weighted by Crippen LogP contribution is 2.23. The fraction of sp³-hybridized carbons (Fsp3) is 0.391. The number of carbonyl (C=O) groups is 1. The van der Waals surface area contributed by atoms with Crippen LogP contribution in [0, 0.1) is 32.1 Å². The maximum Gasteiger partial charge on any atom is 0.262 e. The highest BCUT2D eigenvalue weighted by atomic mass is 16.5. The van der Waals surface area contributed by atoms with Gasteiger partial charge in [-0.05, 0) is 63.5 Å². The number of benzene rings is 1. The van der Waals surface area contributed by atoms with Crippen LogP contribution < -0.4 is 5.32 Å². The van der Waals surface area contributed by atoms with E-state index in [1.165, 1.54) is 0 Å². The molecule has 0 bridgehead atoms. The van der Waals surface area contributed by atoms with E-state index in [-0.39, 0.29) is 23.6 Å². The largest absolute Gasteiger partial charge is 0.383 e. The van der Waals surface area contributed by atoms with Crippen LogP contribution in [0.4, 0.5) is 0 Å². The first-order valence-corrected chi connectivity index (χ1v) is 9.45. The van der Waals surface area contributed by atoms with Crippen LogP contribution in [0.25, 0.3) is 6.08 Å². The third-order valence-electron chi connectivity index (χ3n) is 5.04. The minimum absolute atomic E-state index is 0.0973. The number of carbonyl (C=O) groups excluding carboxylic acids is 1. The van der Waals surface area contributed by atoms with E-state index in [2.05, 4.69) is 16.8 Å². The SMILES string of the molecule is COCC(C)n1c(C)cc(/C=C(\C#N)C(=O)NC(C)c2ccccc2C)c1C. The summed E-state index contributed by atoms with van der Waals surface area (Å²) in [6.07, 6.45) is 1.66. The molecule has 0 aliphatic rings. The van der Waals surface area contributed by atoms with Crippen LogP contribution in [-0.2, 0) is 9.53 Å². The topological polar surface area (TPSA) is 67.0 Å². The minimum Gasteiger partial charge on any atom is -0.383 e. The Balaban J connectivity index is 2.27. The third kappa shape index (κ3) is 4.71. The maximum absolute atomic E-state index is 12.7. The Labute approximate surface area is 167 Å². The van der Waals surface area contributed by atoms with Crippen molar-refractivity contribution in [1.82, 2.24) is 9.88 Å². The summed E-state index contributed by atoms with van der Waals surface area (Å²) in [7, 11) is 1.68. The Hall–Kier alpha value is -2.84. The van der Waals surface area contributed by atoms with E-state index >= 15 is 0 Å². The zero-order chi connectivity index (χ0) is 20.8. The molecule has 1 aromatic carbocycles.